The highest BCUT2D eigenvalue weighted by Crippen LogP contribution is 2.55. The first-order valence-electron chi connectivity index (χ1n) is 42.7. The van der Waals surface area contributed by atoms with Crippen LogP contribution in [0, 0.1) is 0 Å². The third-order valence-corrected chi connectivity index (χ3v) is 27.9. The Morgan fingerprint density at radius 1 is 0.156 bits per heavy atom. The first-order valence-corrected chi connectivity index (χ1v) is 42.7. The minimum absolute atomic E-state index is 0.109. The summed E-state index contributed by atoms with van der Waals surface area (Å²) in [6, 6.07) is 151. The van der Waals surface area contributed by atoms with Crippen molar-refractivity contribution >= 4 is 130 Å². The van der Waals surface area contributed by atoms with Crippen molar-refractivity contribution in [3.8, 4) is 101 Å². The van der Waals surface area contributed by atoms with Crippen LogP contribution in [0.15, 0.2) is 400 Å². The van der Waals surface area contributed by atoms with Gasteiger partial charge in [-0.1, -0.05) is 282 Å². The molecule has 0 atom stereocenters. The monoisotopic (exact) mass is 1550 g/mol. The molecule has 26 rings (SSSR count). The predicted molar refractivity (Wildman–Crippen MR) is 516 cm³/mol. The molecule has 0 saturated carbocycles. The maximum atomic E-state index is 2.52. The van der Waals surface area contributed by atoms with Gasteiger partial charge in [0.05, 0.1) is 44.1 Å². The summed E-state index contributed by atoms with van der Waals surface area (Å²) in [7, 11) is 0. The van der Waals surface area contributed by atoms with Crippen LogP contribution < -0.4 is 0 Å². The topological polar surface area (TPSA) is 19.7 Å². The Hall–Kier alpha value is -15.4. The van der Waals surface area contributed by atoms with Crippen LogP contribution in [0.25, 0.3) is 231 Å². The SMILES string of the molecule is CC1(C)c2cc(-c3ccc4cc(-n5c6ccccc6c6cc(-c7ccc8c(c7)c7ccc(-c9ccc%10c%11cc(-c%12ccc%13c(c%12)c%12ccccc%12n%13-c%12ccccc%12)ccc%11n(-c%11ccc%12ccc(-c%13ccc%14c(c%13)C(C)(C)c%13ccc%15ccccc%15c%13-%14)cc%12c%11)c%10c9)cc7n8-c7ccccc7)ccc65)ccc4c3)ccc2-c2c1ccc1ccccc21. The Labute approximate surface area is 705 Å². The van der Waals surface area contributed by atoms with E-state index in [0.717, 1.165) is 55.9 Å². The normalized spacial score (nSPS) is 13.4. The number of hydrogen-bond donors (Lipinski definition) is 0. The fourth-order valence-corrected chi connectivity index (χ4v) is 21.8. The summed E-state index contributed by atoms with van der Waals surface area (Å²) in [6.07, 6.45) is 0. The molecule has 4 heterocycles. The smallest absolute Gasteiger partial charge is 0.0547 e. The van der Waals surface area contributed by atoms with Gasteiger partial charge in [-0.2, -0.15) is 0 Å². The standard InChI is InChI=1S/C118H78N4/c1-117(2)103-53-41-72-19-11-13-25-91(72)115(103)97-51-39-82(67-105(97)117)74-33-34-77-61-89(48-36-76(77)59-74)121-108-30-18-16-28-94(108)100-64-79(45-57-111(100)121)80-44-56-110-101(65-80)95-49-37-84(69-113(95)120(110)88-23-9-6-10-24-88)85-38-50-96-102-66-81(78-43-55-109-99(63-78)93-27-15-17-29-107(93)119(109)87-21-7-5-8-22-87)46-58-112(102)122(114(96)70-85)90-47-35-71-31-32-75(60-86(71)62-90)83-40-52-98-106(68-83)118(3,4)104-54-42-73-20-12-14-26-92(73)116(98)104/h5-70H,1-4H3. The zero-order valence-corrected chi connectivity index (χ0v) is 67.9. The lowest BCUT2D eigenvalue weighted by Crippen LogP contribution is -2.15. The maximum absolute atomic E-state index is 2.52. The van der Waals surface area contributed by atoms with Gasteiger partial charge in [-0.05, 0) is 289 Å². The summed E-state index contributed by atoms with van der Waals surface area (Å²) in [5.41, 5.74) is 36.6. The van der Waals surface area contributed by atoms with Gasteiger partial charge in [0.1, 0.15) is 0 Å². The number of benzene rings is 20. The summed E-state index contributed by atoms with van der Waals surface area (Å²) in [5.74, 6) is 0. The number of nitrogens with zero attached hydrogens (tertiary/aromatic N) is 4. The summed E-state index contributed by atoms with van der Waals surface area (Å²) < 4.78 is 9.84. The number of para-hydroxylation sites is 4. The molecule has 0 amide bonds. The molecule has 0 saturated heterocycles. The largest absolute Gasteiger partial charge is 0.309 e. The van der Waals surface area contributed by atoms with Crippen molar-refractivity contribution in [1.82, 2.24) is 18.3 Å². The second-order valence-electron chi connectivity index (χ2n) is 35.1. The van der Waals surface area contributed by atoms with Gasteiger partial charge in [0.25, 0.3) is 0 Å². The molecule has 0 radical (unpaired) electrons. The number of aromatic nitrogens is 4. The van der Waals surface area contributed by atoms with Crippen molar-refractivity contribution in [3.05, 3.63) is 423 Å². The summed E-state index contributed by atoms with van der Waals surface area (Å²) >= 11 is 0. The Bertz CT molecular complexity index is 8690. The van der Waals surface area contributed by atoms with Crippen LogP contribution in [0.2, 0.25) is 0 Å². The van der Waals surface area contributed by atoms with Gasteiger partial charge in [0, 0.05) is 76.7 Å². The quantitative estimate of drug-likeness (QED) is 0.137. The second-order valence-corrected chi connectivity index (χ2v) is 35.1. The Morgan fingerprint density at radius 2 is 0.451 bits per heavy atom. The van der Waals surface area contributed by atoms with Gasteiger partial charge in [0.15, 0.2) is 0 Å². The van der Waals surface area contributed by atoms with Crippen LogP contribution in [-0.4, -0.2) is 18.3 Å². The molecule has 0 unspecified atom stereocenters. The fraction of sp³-hybridized carbons (Fsp3) is 0.0508. The van der Waals surface area contributed by atoms with E-state index in [0.29, 0.717) is 0 Å². The fourth-order valence-electron chi connectivity index (χ4n) is 21.8. The minimum atomic E-state index is -0.149. The lowest BCUT2D eigenvalue weighted by molar-refractivity contribution is 0.661. The van der Waals surface area contributed by atoms with Gasteiger partial charge in [0.2, 0.25) is 0 Å². The zero-order chi connectivity index (χ0) is 80.5. The van der Waals surface area contributed by atoms with Crippen molar-refractivity contribution in [2.45, 2.75) is 38.5 Å². The van der Waals surface area contributed by atoms with Crippen LogP contribution in [0.1, 0.15) is 49.9 Å². The Balaban J connectivity index is 0.577. The molecule has 0 bridgehead atoms. The van der Waals surface area contributed by atoms with E-state index in [1.54, 1.807) is 0 Å². The van der Waals surface area contributed by atoms with E-state index in [1.807, 2.05) is 0 Å². The first kappa shape index (κ1) is 68.7. The number of fused-ring (bicyclic) bond motifs is 24. The second kappa shape index (κ2) is 25.6. The molecule has 570 valence electrons. The van der Waals surface area contributed by atoms with E-state index >= 15 is 0 Å². The molecular weight excluding hydrogens is 1470 g/mol. The number of hydrogen-bond acceptors (Lipinski definition) is 0. The molecule has 4 aromatic heterocycles. The van der Waals surface area contributed by atoms with Gasteiger partial charge >= 0.3 is 0 Å². The highest BCUT2D eigenvalue weighted by molar-refractivity contribution is 6.17. The molecule has 2 aliphatic carbocycles. The lowest BCUT2D eigenvalue weighted by atomic mass is 9.81. The van der Waals surface area contributed by atoms with Gasteiger partial charge in [-0.25, -0.2) is 0 Å². The molecule has 20 aromatic carbocycles. The third kappa shape index (κ3) is 10.0. The summed E-state index contributed by atoms with van der Waals surface area (Å²) in [6.45, 7) is 9.55. The van der Waals surface area contributed by atoms with Gasteiger partial charge in [-0.15, -0.1) is 0 Å². The molecule has 0 aliphatic heterocycles. The van der Waals surface area contributed by atoms with Crippen molar-refractivity contribution < 1.29 is 0 Å². The van der Waals surface area contributed by atoms with Gasteiger partial charge in [-0.3, -0.25) is 0 Å². The van der Waals surface area contributed by atoms with Crippen LogP contribution in [0.3, 0.4) is 0 Å². The highest BCUT2D eigenvalue weighted by atomic mass is 15.0. The molecule has 4 nitrogen and oxygen atoms in total. The Kier molecular flexibility index (Phi) is 14.4. The third-order valence-electron chi connectivity index (χ3n) is 27.9. The lowest BCUT2D eigenvalue weighted by Gasteiger charge is -2.22. The van der Waals surface area contributed by atoms with Crippen LogP contribution in [0.5, 0.6) is 0 Å². The molecule has 4 heteroatoms. The average molecular weight is 1550 g/mol. The van der Waals surface area contributed by atoms with Crippen LogP contribution in [-0.2, 0) is 10.8 Å². The molecule has 0 spiro atoms. The van der Waals surface area contributed by atoms with Crippen molar-refractivity contribution in [2.24, 2.45) is 0 Å². The predicted octanol–water partition coefficient (Wildman–Crippen LogP) is 31.6. The average Bonchev–Trinajstić information content (AvgIpc) is 1.57. The van der Waals surface area contributed by atoms with Crippen molar-refractivity contribution in [1.29, 1.82) is 0 Å². The van der Waals surface area contributed by atoms with E-state index in [-0.39, 0.29) is 10.8 Å². The first-order chi connectivity index (χ1) is 59.9. The minimum Gasteiger partial charge on any atom is -0.309 e. The van der Waals surface area contributed by atoms with Crippen LogP contribution in [0.4, 0.5) is 0 Å². The molecule has 24 aromatic rings. The highest BCUT2D eigenvalue weighted by Gasteiger charge is 2.39. The van der Waals surface area contributed by atoms with E-state index < -0.39 is 0 Å². The van der Waals surface area contributed by atoms with E-state index in [9.17, 15) is 0 Å². The number of rotatable bonds is 9. The van der Waals surface area contributed by atoms with Crippen molar-refractivity contribution in [2.75, 3.05) is 0 Å². The molecule has 0 N–H and O–H groups in total. The zero-order valence-electron chi connectivity index (χ0n) is 67.9. The molecule has 122 heavy (non-hydrogen) atoms. The van der Waals surface area contributed by atoms with E-state index in [1.165, 1.54) is 197 Å². The van der Waals surface area contributed by atoms with E-state index in [2.05, 4.69) is 446 Å². The summed E-state index contributed by atoms with van der Waals surface area (Å²) in [5, 5.41) is 19.8. The van der Waals surface area contributed by atoms with Crippen molar-refractivity contribution in [3.63, 3.8) is 0 Å². The summed E-state index contributed by atoms with van der Waals surface area (Å²) in [4.78, 5) is 0. The van der Waals surface area contributed by atoms with Crippen LogP contribution >= 0.6 is 0 Å². The molecule has 0 fully saturated rings. The molecule has 2 aliphatic rings. The Morgan fingerprint density at radius 3 is 0.926 bits per heavy atom. The molecular formula is C118H78N4. The van der Waals surface area contributed by atoms with E-state index in [4.69, 9.17) is 0 Å². The van der Waals surface area contributed by atoms with Gasteiger partial charge < -0.3 is 18.3 Å². The maximum Gasteiger partial charge on any atom is 0.0547 e.